The van der Waals surface area contributed by atoms with E-state index in [1.165, 1.54) is 10.5 Å². The summed E-state index contributed by atoms with van der Waals surface area (Å²) in [7, 11) is -1.91. The maximum atomic E-state index is 12.7. The van der Waals surface area contributed by atoms with E-state index in [0.29, 0.717) is 25.4 Å². The molecule has 1 unspecified atom stereocenters. The number of nitrogens with one attached hydrogen (secondary N) is 1. The third kappa shape index (κ3) is 3.11. The van der Waals surface area contributed by atoms with E-state index in [2.05, 4.69) is 10.3 Å². The maximum absolute atomic E-state index is 12.7. The van der Waals surface area contributed by atoms with Gasteiger partial charge in [0.25, 0.3) is 10.0 Å². The number of pyridine rings is 1. The highest BCUT2D eigenvalue weighted by Crippen LogP contribution is 2.23. The van der Waals surface area contributed by atoms with Gasteiger partial charge in [0.15, 0.2) is 5.03 Å². The molecule has 1 fully saturated rings. The van der Waals surface area contributed by atoms with E-state index in [-0.39, 0.29) is 11.1 Å². The van der Waals surface area contributed by atoms with Crippen LogP contribution in [-0.2, 0) is 14.8 Å². The zero-order valence-corrected chi connectivity index (χ0v) is 12.7. The Morgan fingerprint density at radius 1 is 1.55 bits per heavy atom. The first kappa shape index (κ1) is 15.2. The van der Waals surface area contributed by atoms with Crippen LogP contribution >= 0.6 is 0 Å². The summed E-state index contributed by atoms with van der Waals surface area (Å²) in [5.41, 5.74) is 0.512. The van der Waals surface area contributed by atoms with Gasteiger partial charge in [0.2, 0.25) is 0 Å². The lowest BCUT2D eigenvalue weighted by atomic mass is 10.2. The largest absolute Gasteiger partial charge is 0.386 e. The molecule has 2 rings (SSSR count). The topological polar surface area (TPSA) is 71.5 Å². The van der Waals surface area contributed by atoms with Gasteiger partial charge in [-0.15, -0.1) is 0 Å². The van der Waals surface area contributed by atoms with E-state index < -0.39 is 10.0 Å². The molecule has 1 saturated heterocycles. The molecule has 1 aliphatic heterocycles. The molecule has 0 radical (unpaired) electrons. The Kier molecular flexibility index (Phi) is 4.95. The van der Waals surface area contributed by atoms with Crippen LogP contribution in [-0.4, -0.2) is 50.6 Å². The third-order valence-electron chi connectivity index (χ3n) is 3.41. The van der Waals surface area contributed by atoms with Crippen LogP contribution in [0, 0.1) is 0 Å². The second kappa shape index (κ2) is 6.51. The van der Waals surface area contributed by atoms with Crippen LogP contribution in [0.1, 0.15) is 19.8 Å². The standard InChI is InChI=1S/C13H21N3O3S/c1-3-16(10-11-6-5-9-19-11)20(17,18)13-12(14-2)7-4-8-15-13/h4,7-8,11,14H,3,5-6,9-10H2,1-2H3. The number of nitrogens with zero attached hydrogens (tertiary/aromatic N) is 2. The van der Waals surface area contributed by atoms with Crippen LogP contribution in [0.4, 0.5) is 5.69 Å². The van der Waals surface area contributed by atoms with Crippen molar-refractivity contribution in [3.05, 3.63) is 18.3 Å². The van der Waals surface area contributed by atoms with Gasteiger partial charge < -0.3 is 10.1 Å². The van der Waals surface area contributed by atoms with E-state index in [0.717, 1.165) is 12.8 Å². The molecular formula is C13H21N3O3S. The number of likely N-dealkylation sites (N-methyl/N-ethyl adjacent to an activating group) is 1. The quantitative estimate of drug-likeness (QED) is 0.857. The number of aromatic nitrogens is 1. The summed E-state index contributed by atoms with van der Waals surface area (Å²) in [6.07, 6.45) is 3.39. The summed E-state index contributed by atoms with van der Waals surface area (Å²) in [5.74, 6) is 0. The normalized spacial score (nSPS) is 19.4. The molecule has 20 heavy (non-hydrogen) atoms. The second-order valence-corrected chi connectivity index (χ2v) is 6.55. The third-order valence-corrected chi connectivity index (χ3v) is 5.31. The molecule has 0 spiro atoms. The van der Waals surface area contributed by atoms with Gasteiger partial charge in [-0.2, -0.15) is 4.31 Å². The number of hydrogen-bond donors (Lipinski definition) is 1. The Hall–Kier alpha value is -1.18. The molecular weight excluding hydrogens is 278 g/mol. The highest BCUT2D eigenvalue weighted by atomic mass is 32.2. The van der Waals surface area contributed by atoms with Crippen molar-refractivity contribution in [3.8, 4) is 0 Å². The van der Waals surface area contributed by atoms with Crippen molar-refractivity contribution in [1.82, 2.24) is 9.29 Å². The van der Waals surface area contributed by atoms with Gasteiger partial charge in [0, 0.05) is 32.9 Å². The first-order chi connectivity index (χ1) is 9.59. The summed E-state index contributed by atoms with van der Waals surface area (Å²) in [6, 6.07) is 3.42. The fourth-order valence-electron chi connectivity index (χ4n) is 2.32. The molecule has 1 aromatic rings. The van der Waals surface area contributed by atoms with Crippen LogP contribution in [0.15, 0.2) is 23.4 Å². The zero-order valence-electron chi connectivity index (χ0n) is 11.9. The lowest BCUT2D eigenvalue weighted by Crippen LogP contribution is -2.37. The van der Waals surface area contributed by atoms with Crippen molar-refractivity contribution >= 4 is 15.7 Å². The summed E-state index contributed by atoms with van der Waals surface area (Å²) in [6.45, 7) is 3.34. The highest BCUT2D eigenvalue weighted by molar-refractivity contribution is 7.89. The minimum absolute atomic E-state index is 0.00790. The van der Waals surface area contributed by atoms with Crippen molar-refractivity contribution in [3.63, 3.8) is 0 Å². The molecule has 2 heterocycles. The van der Waals surface area contributed by atoms with Crippen LogP contribution < -0.4 is 5.32 Å². The van der Waals surface area contributed by atoms with Gasteiger partial charge in [-0.3, -0.25) is 0 Å². The SMILES string of the molecule is CCN(CC1CCCO1)S(=O)(=O)c1ncccc1NC. The van der Waals surface area contributed by atoms with Gasteiger partial charge in [-0.25, -0.2) is 13.4 Å². The van der Waals surface area contributed by atoms with Crippen molar-refractivity contribution in [1.29, 1.82) is 0 Å². The number of hydrogen-bond acceptors (Lipinski definition) is 5. The van der Waals surface area contributed by atoms with Crippen molar-refractivity contribution < 1.29 is 13.2 Å². The van der Waals surface area contributed by atoms with Gasteiger partial charge >= 0.3 is 0 Å². The number of ether oxygens (including phenoxy) is 1. The van der Waals surface area contributed by atoms with Crippen molar-refractivity contribution in [2.75, 3.05) is 32.1 Å². The predicted octanol–water partition coefficient (Wildman–Crippen LogP) is 1.31. The molecule has 0 saturated carbocycles. The summed E-state index contributed by atoms with van der Waals surface area (Å²) < 4.78 is 32.4. The molecule has 0 aromatic carbocycles. The molecule has 0 bridgehead atoms. The lowest BCUT2D eigenvalue weighted by molar-refractivity contribution is 0.0946. The molecule has 0 amide bonds. The lowest BCUT2D eigenvalue weighted by Gasteiger charge is -2.23. The van der Waals surface area contributed by atoms with Crippen LogP contribution in [0.2, 0.25) is 0 Å². The van der Waals surface area contributed by atoms with Crippen LogP contribution in [0.3, 0.4) is 0 Å². The number of sulfonamides is 1. The zero-order chi connectivity index (χ0) is 14.6. The molecule has 6 nitrogen and oxygen atoms in total. The first-order valence-corrected chi connectivity index (χ1v) is 8.28. The molecule has 7 heteroatoms. The van der Waals surface area contributed by atoms with Gasteiger partial charge in [-0.1, -0.05) is 6.92 Å². The predicted molar refractivity (Wildman–Crippen MR) is 77.2 cm³/mol. The average Bonchev–Trinajstić information content (AvgIpc) is 2.97. The van der Waals surface area contributed by atoms with Crippen molar-refractivity contribution in [2.45, 2.75) is 30.9 Å². The average molecular weight is 299 g/mol. The second-order valence-electron chi connectivity index (χ2n) is 4.70. The summed E-state index contributed by atoms with van der Waals surface area (Å²) >= 11 is 0. The maximum Gasteiger partial charge on any atom is 0.262 e. The summed E-state index contributed by atoms with van der Waals surface area (Å²) in [5, 5.41) is 2.95. The molecule has 1 atom stereocenters. The molecule has 0 aliphatic carbocycles. The first-order valence-electron chi connectivity index (χ1n) is 6.84. The Morgan fingerprint density at radius 2 is 2.35 bits per heavy atom. The molecule has 112 valence electrons. The number of rotatable bonds is 6. The van der Waals surface area contributed by atoms with E-state index >= 15 is 0 Å². The van der Waals surface area contributed by atoms with Gasteiger partial charge in [-0.05, 0) is 25.0 Å². The molecule has 1 N–H and O–H groups in total. The Bertz CT molecular complexity index is 542. The Morgan fingerprint density at radius 3 is 2.95 bits per heavy atom. The van der Waals surface area contributed by atoms with Gasteiger partial charge in [0.1, 0.15) is 0 Å². The number of anilines is 1. The van der Waals surface area contributed by atoms with E-state index in [1.54, 1.807) is 19.2 Å². The fraction of sp³-hybridized carbons (Fsp3) is 0.615. The van der Waals surface area contributed by atoms with E-state index in [4.69, 9.17) is 4.74 Å². The minimum atomic E-state index is -3.60. The molecule has 1 aliphatic rings. The fourth-order valence-corrected chi connectivity index (χ4v) is 3.91. The van der Waals surface area contributed by atoms with E-state index in [9.17, 15) is 8.42 Å². The van der Waals surface area contributed by atoms with Crippen LogP contribution in [0.25, 0.3) is 0 Å². The summed E-state index contributed by atoms with van der Waals surface area (Å²) in [4.78, 5) is 4.03. The Balaban J connectivity index is 2.26. The minimum Gasteiger partial charge on any atom is -0.386 e. The van der Waals surface area contributed by atoms with Crippen LogP contribution in [0.5, 0.6) is 0 Å². The van der Waals surface area contributed by atoms with Gasteiger partial charge in [0.05, 0.1) is 11.8 Å². The Labute approximate surface area is 120 Å². The monoisotopic (exact) mass is 299 g/mol. The highest BCUT2D eigenvalue weighted by Gasteiger charge is 2.30. The smallest absolute Gasteiger partial charge is 0.262 e. The van der Waals surface area contributed by atoms with Crippen molar-refractivity contribution in [2.24, 2.45) is 0 Å². The van der Waals surface area contributed by atoms with E-state index in [1.807, 2.05) is 6.92 Å². The molecule has 1 aromatic heterocycles.